The molecule has 8 nitrogen and oxygen atoms in total. The maximum Gasteiger partial charge on any atom is 0.335 e. The third kappa shape index (κ3) is 3.53. The molecular weight excluding hydrogens is 250 g/mol. The molecule has 0 bridgehead atoms. The van der Waals surface area contributed by atoms with Crippen LogP contribution in [0.4, 0.5) is 10.5 Å². The fourth-order valence-corrected chi connectivity index (χ4v) is 1.39. The zero-order chi connectivity index (χ0) is 13.7. The van der Waals surface area contributed by atoms with E-state index in [2.05, 4.69) is 25.8 Å². The third-order valence-corrected chi connectivity index (χ3v) is 2.25. The number of aromatic amines is 1. The molecule has 4 N–H and O–H groups in total. The number of amides is 2. The van der Waals surface area contributed by atoms with Crippen molar-refractivity contribution in [2.45, 2.75) is 6.54 Å². The van der Waals surface area contributed by atoms with Gasteiger partial charge in [-0.3, -0.25) is 5.10 Å². The number of rotatable bonds is 4. The van der Waals surface area contributed by atoms with E-state index in [1.165, 1.54) is 18.5 Å². The van der Waals surface area contributed by atoms with E-state index in [1.54, 1.807) is 12.1 Å². The van der Waals surface area contributed by atoms with Crippen molar-refractivity contribution in [1.82, 2.24) is 20.5 Å². The van der Waals surface area contributed by atoms with E-state index in [9.17, 15) is 9.59 Å². The summed E-state index contributed by atoms with van der Waals surface area (Å²) in [5.74, 6) is -0.528. The summed E-state index contributed by atoms with van der Waals surface area (Å²) in [5.41, 5.74) is 0.503. The van der Waals surface area contributed by atoms with Crippen LogP contribution in [0.15, 0.2) is 30.6 Å². The first kappa shape index (κ1) is 12.6. The lowest BCUT2D eigenvalue weighted by Gasteiger charge is -2.06. The summed E-state index contributed by atoms with van der Waals surface area (Å²) in [5, 5.41) is 20.1. The second kappa shape index (κ2) is 5.63. The normalized spacial score (nSPS) is 9.89. The van der Waals surface area contributed by atoms with Gasteiger partial charge in [-0.1, -0.05) is 6.07 Å². The van der Waals surface area contributed by atoms with Crippen molar-refractivity contribution in [2.75, 3.05) is 5.32 Å². The second-order valence-electron chi connectivity index (χ2n) is 3.63. The molecule has 8 heteroatoms. The molecule has 1 aromatic carbocycles. The van der Waals surface area contributed by atoms with Gasteiger partial charge in [0.15, 0.2) is 0 Å². The van der Waals surface area contributed by atoms with Gasteiger partial charge in [0.05, 0.1) is 12.1 Å². The van der Waals surface area contributed by atoms with Crippen molar-refractivity contribution in [3.8, 4) is 0 Å². The summed E-state index contributed by atoms with van der Waals surface area (Å²) in [4.78, 5) is 26.2. The van der Waals surface area contributed by atoms with Gasteiger partial charge in [0.1, 0.15) is 12.2 Å². The Bertz CT molecular complexity index is 582. The summed E-state index contributed by atoms with van der Waals surface area (Å²) >= 11 is 0. The first-order valence-corrected chi connectivity index (χ1v) is 5.37. The summed E-state index contributed by atoms with van der Waals surface area (Å²) in [7, 11) is 0. The highest BCUT2D eigenvalue weighted by molar-refractivity contribution is 5.93. The number of carboxylic acids is 1. The van der Waals surface area contributed by atoms with Crippen molar-refractivity contribution in [1.29, 1.82) is 0 Å². The first-order chi connectivity index (χ1) is 9.15. The second-order valence-corrected chi connectivity index (χ2v) is 3.63. The molecule has 0 aliphatic rings. The van der Waals surface area contributed by atoms with Crippen LogP contribution in [0.5, 0.6) is 0 Å². The van der Waals surface area contributed by atoms with Crippen LogP contribution in [-0.4, -0.2) is 32.3 Å². The lowest BCUT2D eigenvalue weighted by molar-refractivity contribution is 0.0697. The molecule has 0 saturated carbocycles. The zero-order valence-electron chi connectivity index (χ0n) is 9.75. The number of carbonyl (C=O) groups is 2. The SMILES string of the molecule is O=C(NCc1ncn[nH]1)Nc1cccc(C(=O)O)c1. The third-order valence-electron chi connectivity index (χ3n) is 2.25. The van der Waals surface area contributed by atoms with Gasteiger partial charge in [-0.15, -0.1) is 0 Å². The average Bonchev–Trinajstić information content (AvgIpc) is 2.90. The van der Waals surface area contributed by atoms with Crippen molar-refractivity contribution in [2.24, 2.45) is 0 Å². The lowest BCUT2D eigenvalue weighted by atomic mass is 10.2. The van der Waals surface area contributed by atoms with Crippen LogP contribution in [0.2, 0.25) is 0 Å². The highest BCUT2D eigenvalue weighted by Gasteiger charge is 2.06. The van der Waals surface area contributed by atoms with Gasteiger partial charge in [-0.05, 0) is 18.2 Å². The molecule has 1 heterocycles. The molecule has 2 amide bonds. The molecule has 98 valence electrons. The maximum absolute atomic E-state index is 11.6. The van der Waals surface area contributed by atoms with Gasteiger partial charge >= 0.3 is 12.0 Å². The summed E-state index contributed by atoms with van der Waals surface area (Å²) < 4.78 is 0. The Kier molecular flexibility index (Phi) is 3.72. The van der Waals surface area contributed by atoms with Crippen LogP contribution >= 0.6 is 0 Å². The maximum atomic E-state index is 11.6. The van der Waals surface area contributed by atoms with E-state index in [1.807, 2.05) is 0 Å². The van der Waals surface area contributed by atoms with E-state index in [0.717, 1.165) is 0 Å². The van der Waals surface area contributed by atoms with E-state index in [4.69, 9.17) is 5.11 Å². The first-order valence-electron chi connectivity index (χ1n) is 5.37. The molecule has 0 aliphatic heterocycles. The summed E-state index contributed by atoms with van der Waals surface area (Å²) in [6.45, 7) is 0.199. The molecule has 2 aromatic rings. The molecule has 1 aromatic heterocycles. The van der Waals surface area contributed by atoms with E-state index < -0.39 is 12.0 Å². The number of H-pyrrole nitrogens is 1. The van der Waals surface area contributed by atoms with Crippen molar-refractivity contribution in [3.63, 3.8) is 0 Å². The largest absolute Gasteiger partial charge is 0.478 e. The smallest absolute Gasteiger partial charge is 0.335 e. The van der Waals surface area contributed by atoms with Crippen LogP contribution in [0.25, 0.3) is 0 Å². The van der Waals surface area contributed by atoms with E-state index >= 15 is 0 Å². The number of anilines is 1. The van der Waals surface area contributed by atoms with E-state index in [0.29, 0.717) is 11.5 Å². The molecule has 0 fully saturated rings. The van der Waals surface area contributed by atoms with Gasteiger partial charge < -0.3 is 15.7 Å². The number of nitrogens with one attached hydrogen (secondary N) is 3. The molecule has 0 saturated heterocycles. The molecule has 0 radical (unpaired) electrons. The standard InChI is InChI=1S/C11H11N5O3/c17-10(18)7-2-1-3-8(4-7)15-11(19)12-5-9-13-6-14-16-9/h1-4,6H,5H2,(H,17,18)(H2,12,15,19)(H,13,14,16). The van der Waals surface area contributed by atoms with E-state index in [-0.39, 0.29) is 12.1 Å². The summed E-state index contributed by atoms with van der Waals surface area (Å²) in [6, 6.07) is 5.51. The van der Waals surface area contributed by atoms with Gasteiger partial charge in [0.2, 0.25) is 0 Å². The Morgan fingerprint density at radius 1 is 1.37 bits per heavy atom. The minimum atomic E-state index is -1.05. The topological polar surface area (TPSA) is 120 Å². The molecule has 0 atom stereocenters. The minimum Gasteiger partial charge on any atom is -0.478 e. The number of aromatic nitrogens is 3. The number of carbonyl (C=O) groups excluding carboxylic acids is 1. The van der Waals surface area contributed by atoms with Crippen LogP contribution in [0, 0.1) is 0 Å². The van der Waals surface area contributed by atoms with Crippen molar-refractivity contribution >= 4 is 17.7 Å². The van der Waals surface area contributed by atoms with Crippen molar-refractivity contribution in [3.05, 3.63) is 42.0 Å². The Balaban J connectivity index is 1.91. The van der Waals surface area contributed by atoms with Crippen LogP contribution in [0.3, 0.4) is 0 Å². The van der Waals surface area contributed by atoms with Gasteiger partial charge in [-0.2, -0.15) is 5.10 Å². The predicted octanol–water partition coefficient (Wildman–Crippen LogP) is 0.825. The molecular formula is C11H11N5O3. The van der Waals surface area contributed by atoms with Crippen molar-refractivity contribution < 1.29 is 14.7 Å². The lowest BCUT2D eigenvalue weighted by Crippen LogP contribution is -2.28. The predicted molar refractivity (Wildman–Crippen MR) is 65.6 cm³/mol. The summed E-state index contributed by atoms with van der Waals surface area (Å²) in [6.07, 6.45) is 1.34. The number of aromatic carboxylic acids is 1. The molecule has 0 spiro atoms. The fraction of sp³-hybridized carbons (Fsp3) is 0.0909. The highest BCUT2D eigenvalue weighted by atomic mass is 16.4. The number of carboxylic acid groups (broad SMARTS) is 1. The molecule has 0 aliphatic carbocycles. The number of urea groups is 1. The number of nitrogens with zero attached hydrogens (tertiary/aromatic N) is 2. The Morgan fingerprint density at radius 2 is 2.21 bits per heavy atom. The molecule has 19 heavy (non-hydrogen) atoms. The Labute approximate surface area is 107 Å². The quantitative estimate of drug-likeness (QED) is 0.649. The van der Waals surface area contributed by atoms with Gasteiger partial charge in [0, 0.05) is 5.69 Å². The Hall–Kier alpha value is -2.90. The molecule has 0 unspecified atom stereocenters. The number of hydrogen-bond donors (Lipinski definition) is 4. The Morgan fingerprint density at radius 3 is 2.89 bits per heavy atom. The van der Waals surface area contributed by atoms with Crippen LogP contribution < -0.4 is 10.6 Å². The molecule has 2 rings (SSSR count). The van der Waals surface area contributed by atoms with Crippen LogP contribution in [0.1, 0.15) is 16.2 Å². The average molecular weight is 261 g/mol. The van der Waals surface area contributed by atoms with Gasteiger partial charge in [-0.25, -0.2) is 14.6 Å². The number of benzene rings is 1. The minimum absolute atomic E-state index is 0.105. The van der Waals surface area contributed by atoms with Crippen LogP contribution in [-0.2, 0) is 6.54 Å². The number of hydrogen-bond acceptors (Lipinski definition) is 4. The monoisotopic (exact) mass is 261 g/mol. The van der Waals surface area contributed by atoms with Gasteiger partial charge in [0.25, 0.3) is 0 Å². The fourth-order valence-electron chi connectivity index (χ4n) is 1.39. The highest BCUT2D eigenvalue weighted by Crippen LogP contribution is 2.10. The zero-order valence-corrected chi connectivity index (χ0v) is 9.75.